The molecule has 0 bridgehead atoms. The van der Waals surface area contributed by atoms with Crippen LogP contribution in [0.15, 0.2) is 48.7 Å². The zero-order valence-electron chi connectivity index (χ0n) is 18.5. The van der Waals surface area contributed by atoms with Crippen molar-refractivity contribution in [3.63, 3.8) is 0 Å². The molecular formula is C25H22F2N6O. The van der Waals surface area contributed by atoms with Crippen LogP contribution in [0.3, 0.4) is 0 Å². The van der Waals surface area contributed by atoms with Crippen LogP contribution in [0.2, 0.25) is 0 Å². The zero-order valence-corrected chi connectivity index (χ0v) is 18.5. The van der Waals surface area contributed by atoms with Crippen LogP contribution in [0.4, 0.5) is 14.5 Å². The number of hydrogen-bond acceptors (Lipinski definition) is 6. The van der Waals surface area contributed by atoms with Gasteiger partial charge in [0.2, 0.25) is 0 Å². The summed E-state index contributed by atoms with van der Waals surface area (Å²) in [7, 11) is 1.40. The number of piperidine rings is 1. The molecule has 0 saturated carbocycles. The van der Waals surface area contributed by atoms with Crippen LogP contribution in [-0.4, -0.2) is 40.8 Å². The molecular weight excluding hydrogens is 438 g/mol. The van der Waals surface area contributed by atoms with E-state index in [-0.39, 0.29) is 17.4 Å². The summed E-state index contributed by atoms with van der Waals surface area (Å²) in [6.45, 7) is 1.52. The molecule has 9 heteroatoms. The van der Waals surface area contributed by atoms with Gasteiger partial charge in [-0.05, 0) is 49.2 Å². The number of nitrogens with two attached hydrogens (primary N) is 1. The predicted octanol–water partition coefficient (Wildman–Crippen LogP) is 4.17. The van der Waals surface area contributed by atoms with Crippen molar-refractivity contribution in [1.29, 1.82) is 5.26 Å². The van der Waals surface area contributed by atoms with E-state index >= 15 is 0 Å². The summed E-state index contributed by atoms with van der Waals surface area (Å²) in [4.78, 5) is 11.6. The predicted molar refractivity (Wildman–Crippen MR) is 125 cm³/mol. The summed E-state index contributed by atoms with van der Waals surface area (Å²) in [6, 6.07) is 12.6. The standard InChI is InChI=1S/C25H22F2N6O/c1-34-22-7-6-18(12-20(22)27)33-24(15-4-5-16(13-28)19(26)11-15)31-23-21(8-9-30-25(23)33)32-10-2-3-17(29)14-32/h4-9,11-12,17H,2-3,10,14,29H2,1H3. The molecule has 4 aromatic rings. The van der Waals surface area contributed by atoms with E-state index in [1.807, 2.05) is 12.1 Å². The number of benzene rings is 2. The van der Waals surface area contributed by atoms with Gasteiger partial charge in [-0.2, -0.15) is 5.26 Å². The van der Waals surface area contributed by atoms with Crippen LogP contribution < -0.4 is 15.4 Å². The van der Waals surface area contributed by atoms with Crippen molar-refractivity contribution in [1.82, 2.24) is 14.5 Å². The summed E-state index contributed by atoms with van der Waals surface area (Å²) in [5, 5.41) is 9.12. The van der Waals surface area contributed by atoms with Crippen molar-refractivity contribution in [2.75, 3.05) is 25.1 Å². The number of fused-ring (bicyclic) bond motifs is 1. The van der Waals surface area contributed by atoms with Gasteiger partial charge < -0.3 is 15.4 Å². The lowest BCUT2D eigenvalue weighted by atomic mass is 10.1. The summed E-state index contributed by atoms with van der Waals surface area (Å²) < 4.78 is 35.9. The molecule has 0 spiro atoms. The van der Waals surface area contributed by atoms with Gasteiger partial charge in [0.1, 0.15) is 23.2 Å². The van der Waals surface area contributed by atoms with Gasteiger partial charge in [-0.3, -0.25) is 4.57 Å². The SMILES string of the molecule is COc1ccc(-n2c(-c3ccc(C#N)c(F)c3)nc3c(N4CCCC(N)C4)ccnc32)cc1F. The zero-order chi connectivity index (χ0) is 23.8. The second kappa shape index (κ2) is 8.72. The first kappa shape index (κ1) is 21.8. The second-order valence-corrected chi connectivity index (χ2v) is 8.25. The van der Waals surface area contributed by atoms with Gasteiger partial charge in [0, 0.05) is 37.0 Å². The van der Waals surface area contributed by atoms with Gasteiger partial charge in [0.05, 0.1) is 24.0 Å². The third-order valence-corrected chi connectivity index (χ3v) is 6.06. The molecule has 1 aliphatic heterocycles. The van der Waals surface area contributed by atoms with E-state index in [0.29, 0.717) is 34.8 Å². The Morgan fingerprint density at radius 3 is 2.71 bits per heavy atom. The minimum absolute atomic E-state index is 0.0572. The number of nitriles is 1. The fourth-order valence-electron chi connectivity index (χ4n) is 4.42. The van der Waals surface area contributed by atoms with Crippen molar-refractivity contribution in [3.05, 3.63) is 65.9 Å². The quantitative estimate of drug-likeness (QED) is 0.491. The third-order valence-electron chi connectivity index (χ3n) is 6.06. The van der Waals surface area contributed by atoms with E-state index in [1.54, 1.807) is 22.9 Å². The van der Waals surface area contributed by atoms with Gasteiger partial charge in [0.25, 0.3) is 0 Å². The number of rotatable bonds is 4. The molecule has 2 aromatic carbocycles. The Balaban J connectivity index is 1.76. The average Bonchev–Trinajstić information content (AvgIpc) is 3.23. The Labute approximate surface area is 195 Å². The highest BCUT2D eigenvalue weighted by Gasteiger charge is 2.24. The van der Waals surface area contributed by atoms with Crippen LogP contribution in [0, 0.1) is 23.0 Å². The van der Waals surface area contributed by atoms with Gasteiger partial charge in [-0.15, -0.1) is 0 Å². The third kappa shape index (κ3) is 3.72. The number of imidazole rings is 1. The maximum absolute atomic E-state index is 14.7. The Kier molecular flexibility index (Phi) is 5.59. The fourth-order valence-corrected chi connectivity index (χ4v) is 4.42. The molecule has 0 aliphatic carbocycles. The van der Waals surface area contributed by atoms with E-state index in [9.17, 15) is 8.78 Å². The van der Waals surface area contributed by atoms with Crippen molar-refractivity contribution < 1.29 is 13.5 Å². The molecule has 2 aromatic heterocycles. The van der Waals surface area contributed by atoms with E-state index < -0.39 is 11.6 Å². The number of hydrogen-bond donors (Lipinski definition) is 1. The van der Waals surface area contributed by atoms with Crippen LogP contribution >= 0.6 is 0 Å². The highest BCUT2D eigenvalue weighted by Crippen LogP contribution is 2.34. The molecule has 0 amide bonds. The Bertz CT molecular complexity index is 1430. The molecule has 1 saturated heterocycles. The number of ether oxygens (including phenoxy) is 1. The van der Waals surface area contributed by atoms with Crippen LogP contribution in [0.5, 0.6) is 5.75 Å². The first-order valence-corrected chi connectivity index (χ1v) is 10.9. The first-order chi connectivity index (χ1) is 16.5. The average molecular weight is 460 g/mol. The van der Waals surface area contributed by atoms with Crippen LogP contribution in [0.25, 0.3) is 28.2 Å². The van der Waals surface area contributed by atoms with Gasteiger partial charge in [-0.25, -0.2) is 18.7 Å². The number of halogens is 2. The molecule has 1 aliphatic rings. The van der Waals surface area contributed by atoms with Crippen LogP contribution in [-0.2, 0) is 0 Å². The number of methoxy groups -OCH3 is 1. The lowest BCUT2D eigenvalue weighted by molar-refractivity contribution is 0.386. The maximum atomic E-state index is 14.7. The molecule has 34 heavy (non-hydrogen) atoms. The molecule has 1 atom stereocenters. The highest BCUT2D eigenvalue weighted by molar-refractivity contribution is 5.90. The molecule has 1 fully saturated rings. The molecule has 2 N–H and O–H groups in total. The number of aromatic nitrogens is 3. The molecule has 5 rings (SSSR count). The molecule has 1 unspecified atom stereocenters. The smallest absolute Gasteiger partial charge is 0.167 e. The van der Waals surface area contributed by atoms with Crippen molar-refractivity contribution >= 4 is 16.9 Å². The molecule has 0 radical (unpaired) electrons. The normalized spacial score (nSPS) is 16.0. The monoisotopic (exact) mass is 460 g/mol. The minimum atomic E-state index is -0.658. The number of anilines is 1. The Morgan fingerprint density at radius 2 is 2.00 bits per heavy atom. The minimum Gasteiger partial charge on any atom is -0.494 e. The van der Waals surface area contributed by atoms with E-state index in [0.717, 1.165) is 25.1 Å². The maximum Gasteiger partial charge on any atom is 0.167 e. The fraction of sp³-hybridized carbons (Fsp3) is 0.240. The van der Waals surface area contributed by atoms with E-state index in [4.69, 9.17) is 20.7 Å². The van der Waals surface area contributed by atoms with Gasteiger partial charge in [-0.1, -0.05) is 0 Å². The molecule has 172 valence electrons. The Morgan fingerprint density at radius 1 is 1.15 bits per heavy atom. The summed E-state index contributed by atoms with van der Waals surface area (Å²) in [5.74, 6) is -0.717. The largest absolute Gasteiger partial charge is 0.494 e. The van der Waals surface area contributed by atoms with Gasteiger partial charge in [0.15, 0.2) is 17.2 Å². The van der Waals surface area contributed by atoms with Crippen molar-refractivity contribution in [3.8, 4) is 28.9 Å². The summed E-state index contributed by atoms with van der Waals surface area (Å²) in [5.41, 5.74) is 9.01. The first-order valence-electron chi connectivity index (χ1n) is 10.9. The lowest BCUT2D eigenvalue weighted by Gasteiger charge is -2.32. The highest BCUT2D eigenvalue weighted by atomic mass is 19.1. The second-order valence-electron chi connectivity index (χ2n) is 8.25. The van der Waals surface area contributed by atoms with Gasteiger partial charge >= 0.3 is 0 Å². The topological polar surface area (TPSA) is 93.0 Å². The molecule has 3 heterocycles. The van der Waals surface area contributed by atoms with Crippen molar-refractivity contribution in [2.24, 2.45) is 5.73 Å². The molecule has 7 nitrogen and oxygen atoms in total. The lowest BCUT2D eigenvalue weighted by Crippen LogP contribution is -2.42. The van der Waals surface area contributed by atoms with E-state index in [2.05, 4.69) is 9.88 Å². The number of pyridine rings is 1. The van der Waals surface area contributed by atoms with Crippen molar-refractivity contribution in [2.45, 2.75) is 18.9 Å². The van der Waals surface area contributed by atoms with E-state index in [1.165, 1.54) is 31.4 Å². The number of nitrogens with zero attached hydrogens (tertiary/aromatic N) is 5. The summed E-state index contributed by atoms with van der Waals surface area (Å²) in [6.07, 6.45) is 3.60. The van der Waals surface area contributed by atoms with Crippen LogP contribution in [0.1, 0.15) is 18.4 Å². The summed E-state index contributed by atoms with van der Waals surface area (Å²) >= 11 is 0. The Hall–Kier alpha value is -4.03.